The monoisotopic (exact) mass is 285 g/mol. The number of carbonyl (C=O) groups excluding carboxylic acids is 1. The van der Waals surface area contributed by atoms with Gasteiger partial charge < -0.3 is 15.0 Å². The van der Waals surface area contributed by atoms with E-state index < -0.39 is 0 Å². The molecule has 0 radical (unpaired) electrons. The number of anilines is 1. The van der Waals surface area contributed by atoms with Crippen molar-refractivity contribution in [1.29, 1.82) is 0 Å². The Hall–Kier alpha value is -1.14. The summed E-state index contributed by atoms with van der Waals surface area (Å²) in [6, 6.07) is 0.297. The van der Waals surface area contributed by atoms with E-state index in [4.69, 9.17) is 4.74 Å². The first-order chi connectivity index (χ1) is 8.85. The molecule has 1 aromatic heterocycles. The first-order valence-electron chi connectivity index (χ1n) is 6.32. The quantitative estimate of drug-likeness (QED) is 0.812. The van der Waals surface area contributed by atoms with E-state index in [0.717, 1.165) is 11.7 Å². The molecule has 1 unspecified atom stereocenters. The van der Waals surface area contributed by atoms with E-state index in [0.29, 0.717) is 22.5 Å². The first-order valence-corrected chi connectivity index (χ1v) is 7.13. The number of ether oxygens (including phenoxy) is 1. The molecule has 0 amide bonds. The maximum Gasteiger partial charge on any atom is 0.350 e. The van der Waals surface area contributed by atoms with Gasteiger partial charge in [0.1, 0.15) is 4.88 Å². The standard InChI is InChI=1S/C13H23N3O2S/c1-8(2)10(7-16(4)5)15-13-14-9(3)11(19-13)12(17)18-6/h8,10H,7H2,1-6H3,(H,14,15). The zero-order valence-corrected chi connectivity index (χ0v) is 13.3. The number of nitrogens with zero attached hydrogens (tertiary/aromatic N) is 2. The lowest BCUT2D eigenvalue weighted by atomic mass is 10.0. The van der Waals surface area contributed by atoms with Gasteiger partial charge in [-0.1, -0.05) is 25.2 Å². The Bertz CT molecular complexity index is 430. The predicted molar refractivity (Wildman–Crippen MR) is 79.0 cm³/mol. The third-order valence-corrected chi connectivity index (χ3v) is 3.91. The van der Waals surface area contributed by atoms with Crippen molar-refractivity contribution in [2.75, 3.05) is 33.1 Å². The molecule has 1 rings (SSSR count). The van der Waals surface area contributed by atoms with Gasteiger partial charge in [0.25, 0.3) is 0 Å². The topological polar surface area (TPSA) is 54.5 Å². The second-order valence-electron chi connectivity index (χ2n) is 5.18. The Labute approximate surface area is 119 Å². The van der Waals surface area contributed by atoms with Crippen LogP contribution in [0.25, 0.3) is 0 Å². The first kappa shape index (κ1) is 15.9. The highest BCUT2D eigenvalue weighted by Gasteiger charge is 2.19. The van der Waals surface area contributed by atoms with Crippen molar-refractivity contribution < 1.29 is 9.53 Å². The molecule has 6 heteroatoms. The Morgan fingerprint density at radius 3 is 2.58 bits per heavy atom. The normalized spacial score (nSPS) is 12.8. The van der Waals surface area contributed by atoms with Gasteiger partial charge in [0, 0.05) is 12.6 Å². The fourth-order valence-electron chi connectivity index (χ4n) is 1.72. The predicted octanol–water partition coefficient (Wildman–Crippen LogP) is 2.24. The number of nitrogens with one attached hydrogen (secondary N) is 1. The molecule has 5 nitrogen and oxygen atoms in total. The van der Waals surface area contributed by atoms with E-state index in [1.54, 1.807) is 0 Å². The molecule has 1 heterocycles. The van der Waals surface area contributed by atoms with Gasteiger partial charge in [-0.25, -0.2) is 9.78 Å². The number of hydrogen-bond acceptors (Lipinski definition) is 6. The molecule has 0 saturated carbocycles. The molecule has 0 saturated heterocycles. The molecule has 0 aliphatic heterocycles. The number of hydrogen-bond donors (Lipinski definition) is 1. The van der Waals surface area contributed by atoms with E-state index in [-0.39, 0.29) is 5.97 Å². The van der Waals surface area contributed by atoms with Crippen LogP contribution in [0.2, 0.25) is 0 Å². The van der Waals surface area contributed by atoms with Gasteiger partial charge in [0.15, 0.2) is 5.13 Å². The lowest BCUT2D eigenvalue weighted by Crippen LogP contribution is -2.36. The fourth-order valence-corrected chi connectivity index (χ4v) is 2.66. The molecule has 1 aromatic rings. The summed E-state index contributed by atoms with van der Waals surface area (Å²) in [5.41, 5.74) is 0.715. The summed E-state index contributed by atoms with van der Waals surface area (Å²) in [6.07, 6.45) is 0. The van der Waals surface area contributed by atoms with E-state index in [1.807, 2.05) is 21.0 Å². The van der Waals surface area contributed by atoms with Crippen molar-refractivity contribution in [3.8, 4) is 0 Å². The minimum atomic E-state index is -0.322. The van der Waals surface area contributed by atoms with E-state index in [2.05, 4.69) is 29.0 Å². The molecule has 0 spiro atoms. The highest BCUT2D eigenvalue weighted by molar-refractivity contribution is 7.17. The van der Waals surface area contributed by atoms with Crippen LogP contribution in [0.1, 0.15) is 29.2 Å². The molecule has 1 N–H and O–H groups in total. The van der Waals surface area contributed by atoms with Gasteiger partial charge in [0.2, 0.25) is 0 Å². The Kier molecular flexibility index (Phi) is 5.75. The van der Waals surface area contributed by atoms with Crippen LogP contribution in [0.3, 0.4) is 0 Å². The second kappa shape index (κ2) is 6.86. The molecule has 0 fully saturated rings. The van der Waals surface area contributed by atoms with Gasteiger partial charge in [-0.15, -0.1) is 0 Å². The van der Waals surface area contributed by atoms with Gasteiger partial charge in [-0.05, 0) is 26.9 Å². The molecule has 0 bridgehead atoms. The summed E-state index contributed by atoms with van der Waals surface area (Å²) in [5.74, 6) is 0.157. The molecule has 0 aliphatic carbocycles. The Balaban J connectivity index is 2.83. The summed E-state index contributed by atoms with van der Waals surface area (Å²) in [5, 5.41) is 4.18. The van der Waals surface area contributed by atoms with Crippen LogP contribution in [-0.4, -0.2) is 49.6 Å². The Morgan fingerprint density at radius 2 is 2.11 bits per heavy atom. The minimum Gasteiger partial charge on any atom is -0.465 e. The average Bonchev–Trinajstić information content (AvgIpc) is 2.67. The minimum absolute atomic E-state index is 0.297. The summed E-state index contributed by atoms with van der Waals surface area (Å²) in [4.78, 5) is 18.7. The van der Waals surface area contributed by atoms with E-state index in [9.17, 15) is 4.79 Å². The van der Waals surface area contributed by atoms with Gasteiger partial charge in [0.05, 0.1) is 12.8 Å². The molecule has 1 atom stereocenters. The number of rotatable bonds is 6. The summed E-state index contributed by atoms with van der Waals surface area (Å²) in [6.45, 7) is 7.08. The van der Waals surface area contributed by atoms with Gasteiger partial charge >= 0.3 is 5.97 Å². The molecular formula is C13H23N3O2S. The lowest BCUT2D eigenvalue weighted by molar-refractivity contribution is 0.0605. The van der Waals surface area contributed by atoms with Gasteiger partial charge in [-0.3, -0.25) is 0 Å². The number of thiazole rings is 1. The van der Waals surface area contributed by atoms with Crippen LogP contribution in [-0.2, 0) is 4.74 Å². The van der Waals surface area contributed by atoms with Crippen molar-refractivity contribution in [2.45, 2.75) is 26.8 Å². The van der Waals surface area contributed by atoms with Crippen molar-refractivity contribution in [2.24, 2.45) is 5.92 Å². The molecular weight excluding hydrogens is 262 g/mol. The van der Waals surface area contributed by atoms with Crippen molar-refractivity contribution in [3.05, 3.63) is 10.6 Å². The van der Waals surface area contributed by atoms with Crippen LogP contribution in [0, 0.1) is 12.8 Å². The van der Waals surface area contributed by atoms with Crippen LogP contribution in [0.5, 0.6) is 0 Å². The summed E-state index contributed by atoms with van der Waals surface area (Å²) >= 11 is 1.35. The third-order valence-electron chi connectivity index (χ3n) is 2.84. The molecule has 0 aliphatic rings. The van der Waals surface area contributed by atoms with Crippen molar-refractivity contribution >= 4 is 22.4 Å². The fraction of sp³-hybridized carbons (Fsp3) is 0.692. The molecule has 19 heavy (non-hydrogen) atoms. The largest absolute Gasteiger partial charge is 0.465 e. The van der Waals surface area contributed by atoms with Crippen LogP contribution >= 0.6 is 11.3 Å². The van der Waals surface area contributed by atoms with Crippen molar-refractivity contribution in [3.63, 3.8) is 0 Å². The van der Waals surface area contributed by atoms with Gasteiger partial charge in [-0.2, -0.15) is 0 Å². The zero-order chi connectivity index (χ0) is 14.6. The molecule has 108 valence electrons. The van der Waals surface area contributed by atoms with Crippen LogP contribution in [0.4, 0.5) is 5.13 Å². The second-order valence-corrected chi connectivity index (χ2v) is 6.18. The van der Waals surface area contributed by atoms with Crippen LogP contribution < -0.4 is 5.32 Å². The summed E-state index contributed by atoms with van der Waals surface area (Å²) in [7, 11) is 5.48. The third kappa shape index (κ3) is 4.47. The lowest BCUT2D eigenvalue weighted by Gasteiger charge is -2.25. The van der Waals surface area contributed by atoms with Crippen LogP contribution in [0.15, 0.2) is 0 Å². The van der Waals surface area contributed by atoms with Crippen molar-refractivity contribution in [1.82, 2.24) is 9.88 Å². The summed E-state index contributed by atoms with van der Waals surface area (Å²) < 4.78 is 4.74. The maximum absolute atomic E-state index is 11.6. The number of aryl methyl sites for hydroxylation is 1. The number of likely N-dealkylation sites (N-methyl/N-ethyl adjacent to an activating group) is 1. The maximum atomic E-state index is 11.6. The van der Waals surface area contributed by atoms with E-state index in [1.165, 1.54) is 18.4 Å². The van der Waals surface area contributed by atoms with E-state index >= 15 is 0 Å². The SMILES string of the molecule is COC(=O)c1sc(NC(CN(C)C)C(C)C)nc1C. The average molecular weight is 285 g/mol. The smallest absolute Gasteiger partial charge is 0.350 e. The number of esters is 1. The Morgan fingerprint density at radius 1 is 1.47 bits per heavy atom. The number of methoxy groups -OCH3 is 1. The number of carbonyl (C=O) groups is 1. The number of aromatic nitrogens is 1. The zero-order valence-electron chi connectivity index (χ0n) is 12.5. The highest BCUT2D eigenvalue weighted by atomic mass is 32.1. The highest BCUT2D eigenvalue weighted by Crippen LogP contribution is 2.24. The molecule has 0 aromatic carbocycles.